The van der Waals surface area contributed by atoms with E-state index in [1.807, 2.05) is 11.8 Å². The molecule has 0 bridgehead atoms. The maximum Gasteiger partial charge on any atom is 0.246 e. The fraction of sp³-hybridized carbons (Fsp3) is 0.857. The lowest BCUT2D eigenvalue weighted by molar-refractivity contribution is -0.165. The fourth-order valence-electron chi connectivity index (χ4n) is 3.31. The number of carbonyl (C=O) groups excluding carboxylic acids is 2. The van der Waals surface area contributed by atoms with E-state index in [9.17, 15) is 9.59 Å². The maximum atomic E-state index is 12.7. The number of piperazine rings is 1. The third-order valence-electron chi connectivity index (χ3n) is 4.91. The predicted molar refractivity (Wildman–Crippen MR) is 70.0 cm³/mol. The highest BCUT2D eigenvalue weighted by Crippen LogP contribution is 2.34. The topological polar surface area (TPSA) is 40.6 Å². The molecule has 4 heteroatoms. The van der Waals surface area contributed by atoms with Crippen LogP contribution in [0.15, 0.2) is 0 Å². The van der Waals surface area contributed by atoms with Crippen molar-refractivity contribution in [1.82, 2.24) is 9.80 Å². The Kier molecular flexibility index (Phi) is 3.39. The Bertz CT molecular complexity index is 363. The van der Waals surface area contributed by atoms with E-state index in [1.165, 1.54) is 0 Å². The summed E-state index contributed by atoms with van der Waals surface area (Å²) in [5.74, 6) is 0.288. The number of carbonyl (C=O) groups is 2. The fourth-order valence-corrected chi connectivity index (χ4v) is 3.31. The average molecular weight is 252 g/mol. The first-order valence-corrected chi connectivity index (χ1v) is 7.10. The molecule has 2 saturated heterocycles. The molecular formula is C14H24N2O2. The third kappa shape index (κ3) is 1.73. The summed E-state index contributed by atoms with van der Waals surface area (Å²) in [4.78, 5) is 28.7. The molecule has 18 heavy (non-hydrogen) atoms. The number of hydrogen-bond acceptors (Lipinski definition) is 2. The minimum absolute atomic E-state index is 0.130. The minimum atomic E-state index is -0.309. The van der Waals surface area contributed by atoms with Crippen molar-refractivity contribution in [3.8, 4) is 0 Å². The van der Waals surface area contributed by atoms with Crippen molar-refractivity contribution in [3.63, 3.8) is 0 Å². The normalized spacial score (nSPS) is 28.9. The summed E-state index contributed by atoms with van der Waals surface area (Å²) in [5.41, 5.74) is -0.194. The first-order valence-electron chi connectivity index (χ1n) is 7.10. The van der Waals surface area contributed by atoms with E-state index in [2.05, 4.69) is 20.8 Å². The lowest BCUT2D eigenvalue weighted by Crippen LogP contribution is -2.67. The Morgan fingerprint density at radius 1 is 1.22 bits per heavy atom. The highest BCUT2D eigenvalue weighted by molar-refractivity contribution is 5.97. The zero-order valence-corrected chi connectivity index (χ0v) is 11.9. The van der Waals surface area contributed by atoms with E-state index in [0.29, 0.717) is 0 Å². The molecule has 0 aromatic rings. The molecule has 2 amide bonds. The van der Waals surface area contributed by atoms with E-state index in [1.54, 1.807) is 4.90 Å². The van der Waals surface area contributed by atoms with Gasteiger partial charge in [-0.2, -0.15) is 0 Å². The standard InChI is InChI=1S/C14H24N2O2/c1-5-14(4,6-2)16-10(3)12(17)15-9-7-8-11(15)13(16)18/h10-11H,5-9H2,1-4H3. The molecule has 2 rings (SSSR count). The molecule has 0 aromatic heterocycles. The molecule has 2 atom stereocenters. The van der Waals surface area contributed by atoms with Crippen molar-refractivity contribution < 1.29 is 9.59 Å². The van der Waals surface area contributed by atoms with Crippen LogP contribution in [0.5, 0.6) is 0 Å². The number of hydrogen-bond donors (Lipinski definition) is 0. The second-order valence-electron chi connectivity index (χ2n) is 5.78. The minimum Gasteiger partial charge on any atom is -0.329 e. The van der Waals surface area contributed by atoms with Crippen LogP contribution < -0.4 is 0 Å². The van der Waals surface area contributed by atoms with Crippen LogP contribution in [-0.2, 0) is 9.59 Å². The van der Waals surface area contributed by atoms with Crippen molar-refractivity contribution in [2.24, 2.45) is 0 Å². The molecule has 102 valence electrons. The molecule has 0 radical (unpaired) electrons. The molecule has 0 saturated carbocycles. The highest BCUT2D eigenvalue weighted by Gasteiger charge is 2.50. The molecule has 2 aliphatic rings. The van der Waals surface area contributed by atoms with Gasteiger partial charge in [-0.3, -0.25) is 9.59 Å². The largest absolute Gasteiger partial charge is 0.329 e. The van der Waals surface area contributed by atoms with Crippen molar-refractivity contribution in [3.05, 3.63) is 0 Å². The first-order chi connectivity index (χ1) is 8.46. The van der Waals surface area contributed by atoms with Crippen LogP contribution in [0, 0.1) is 0 Å². The molecule has 2 aliphatic heterocycles. The summed E-state index contributed by atoms with van der Waals surface area (Å²) >= 11 is 0. The van der Waals surface area contributed by atoms with Crippen LogP contribution in [-0.4, -0.2) is 45.8 Å². The van der Waals surface area contributed by atoms with Gasteiger partial charge in [0.1, 0.15) is 12.1 Å². The molecule has 2 unspecified atom stereocenters. The van der Waals surface area contributed by atoms with Crippen molar-refractivity contribution >= 4 is 11.8 Å². The first kappa shape index (κ1) is 13.4. The zero-order chi connectivity index (χ0) is 13.5. The van der Waals surface area contributed by atoms with Gasteiger partial charge in [-0.15, -0.1) is 0 Å². The smallest absolute Gasteiger partial charge is 0.246 e. The molecule has 0 N–H and O–H groups in total. The van der Waals surface area contributed by atoms with Gasteiger partial charge in [0, 0.05) is 12.1 Å². The summed E-state index contributed by atoms with van der Waals surface area (Å²) in [6, 6.07) is -0.497. The Hall–Kier alpha value is -1.06. The number of fused-ring (bicyclic) bond motifs is 1. The number of amides is 2. The molecular weight excluding hydrogens is 228 g/mol. The molecule has 0 spiro atoms. The predicted octanol–water partition coefficient (Wildman–Crippen LogP) is 1.79. The Morgan fingerprint density at radius 3 is 2.39 bits per heavy atom. The van der Waals surface area contributed by atoms with Gasteiger partial charge in [-0.25, -0.2) is 0 Å². The van der Waals surface area contributed by atoms with E-state index in [4.69, 9.17) is 0 Å². The maximum absolute atomic E-state index is 12.7. The van der Waals surface area contributed by atoms with Gasteiger partial charge < -0.3 is 9.80 Å². The average Bonchev–Trinajstić information content (AvgIpc) is 2.85. The van der Waals surface area contributed by atoms with Crippen LogP contribution in [0.2, 0.25) is 0 Å². The van der Waals surface area contributed by atoms with Crippen LogP contribution in [0.3, 0.4) is 0 Å². The summed E-state index contributed by atoms with van der Waals surface area (Å²) in [6.45, 7) is 8.91. The molecule has 0 aliphatic carbocycles. The van der Waals surface area contributed by atoms with Gasteiger partial charge in [0.2, 0.25) is 11.8 Å². The van der Waals surface area contributed by atoms with Gasteiger partial charge in [-0.1, -0.05) is 13.8 Å². The van der Waals surface area contributed by atoms with Crippen LogP contribution >= 0.6 is 0 Å². The Morgan fingerprint density at radius 2 is 1.83 bits per heavy atom. The van der Waals surface area contributed by atoms with Crippen LogP contribution in [0.25, 0.3) is 0 Å². The summed E-state index contributed by atoms with van der Waals surface area (Å²) in [5, 5.41) is 0. The zero-order valence-electron chi connectivity index (χ0n) is 11.9. The number of rotatable bonds is 3. The lowest BCUT2D eigenvalue weighted by atomic mass is 9.88. The third-order valence-corrected chi connectivity index (χ3v) is 4.91. The molecule has 4 nitrogen and oxygen atoms in total. The monoisotopic (exact) mass is 252 g/mol. The second kappa shape index (κ2) is 4.56. The summed E-state index contributed by atoms with van der Waals surface area (Å²) < 4.78 is 0. The van der Waals surface area contributed by atoms with Crippen molar-refractivity contribution in [2.75, 3.05) is 6.54 Å². The van der Waals surface area contributed by atoms with Crippen molar-refractivity contribution in [1.29, 1.82) is 0 Å². The van der Waals surface area contributed by atoms with Gasteiger partial charge in [0.05, 0.1) is 0 Å². The van der Waals surface area contributed by atoms with Crippen LogP contribution in [0.1, 0.15) is 53.4 Å². The van der Waals surface area contributed by atoms with E-state index < -0.39 is 0 Å². The Balaban J connectivity index is 2.35. The van der Waals surface area contributed by atoms with E-state index in [-0.39, 0.29) is 29.4 Å². The van der Waals surface area contributed by atoms with Gasteiger partial charge in [0.15, 0.2) is 0 Å². The quantitative estimate of drug-likeness (QED) is 0.768. The molecule has 0 aromatic carbocycles. The van der Waals surface area contributed by atoms with Crippen LogP contribution in [0.4, 0.5) is 0 Å². The summed E-state index contributed by atoms with van der Waals surface area (Å²) in [7, 11) is 0. The van der Waals surface area contributed by atoms with E-state index in [0.717, 1.165) is 32.2 Å². The van der Waals surface area contributed by atoms with Crippen molar-refractivity contribution in [2.45, 2.75) is 71.0 Å². The molecule has 2 fully saturated rings. The van der Waals surface area contributed by atoms with E-state index >= 15 is 0 Å². The van der Waals surface area contributed by atoms with Gasteiger partial charge >= 0.3 is 0 Å². The lowest BCUT2D eigenvalue weighted by Gasteiger charge is -2.49. The SMILES string of the molecule is CCC(C)(CC)N1C(=O)C2CCCN2C(=O)C1C. The molecule has 2 heterocycles. The van der Waals surface area contributed by atoms with Gasteiger partial charge in [0.25, 0.3) is 0 Å². The summed E-state index contributed by atoms with van der Waals surface area (Å²) in [6.07, 6.45) is 3.56. The van der Waals surface area contributed by atoms with Gasteiger partial charge in [-0.05, 0) is 39.5 Å². The Labute approximate surface area is 109 Å². The second-order valence-corrected chi connectivity index (χ2v) is 5.78. The number of nitrogens with zero attached hydrogens (tertiary/aromatic N) is 2. The highest BCUT2D eigenvalue weighted by atomic mass is 16.2.